The van der Waals surface area contributed by atoms with E-state index in [0.717, 1.165) is 21.4 Å². The fourth-order valence-electron chi connectivity index (χ4n) is 2.13. The normalized spacial score (nSPS) is 12.3. The van der Waals surface area contributed by atoms with E-state index in [0.29, 0.717) is 5.82 Å². The van der Waals surface area contributed by atoms with Gasteiger partial charge < -0.3 is 5.32 Å². The van der Waals surface area contributed by atoms with Gasteiger partial charge in [-0.25, -0.2) is 4.98 Å². The van der Waals surface area contributed by atoms with E-state index < -0.39 is 0 Å². The molecular weight excluding hydrogens is 304 g/mol. The molecule has 108 valence electrons. The molecule has 2 N–H and O–H groups in total. The van der Waals surface area contributed by atoms with E-state index in [2.05, 4.69) is 27.4 Å². The molecule has 0 fully saturated rings. The summed E-state index contributed by atoms with van der Waals surface area (Å²) in [6.07, 6.45) is 0. The average Bonchev–Trinajstić information content (AvgIpc) is 3.08. The van der Waals surface area contributed by atoms with Crippen molar-refractivity contribution < 1.29 is 0 Å². The average molecular weight is 319 g/mol. The number of H-pyrrole nitrogens is 1. The van der Waals surface area contributed by atoms with E-state index in [1.807, 2.05) is 43.3 Å². The van der Waals surface area contributed by atoms with Crippen LogP contribution < -0.4 is 5.32 Å². The van der Waals surface area contributed by atoms with Crippen LogP contribution in [0.4, 0.5) is 5.69 Å². The monoisotopic (exact) mass is 318 g/mol. The second-order valence-electron chi connectivity index (χ2n) is 4.80. The first-order valence-corrected chi connectivity index (χ1v) is 7.83. The van der Waals surface area contributed by atoms with Gasteiger partial charge in [0.1, 0.15) is 5.82 Å². The molecule has 1 unspecified atom stereocenters. The smallest absolute Gasteiger partial charge is 0.183 e. The van der Waals surface area contributed by atoms with Crippen LogP contribution in [0.15, 0.2) is 36.4 Å². The Morgan fingerprint density at radius 3 is 2.71 bits per heavy atom. The Labute approximate surface area is 132 Å². The molecule has 1 atom stereocenters. The highest BCUT2D eigenvalue weighted by Gasteiger charge is 2.13. The first kappa shape index (κ1) is 14.1. The van der Waals surface area contributed by atoms with E-state index in [-0.39, 0.29) is 6.04 Å². The predicted molar refractivity (Wildman–Crippen MR) is 87.9 cm³/mol. The SMILES string of the molecule is Cc1nc(-c2ccccc2NC(C)c2ccc(Cl)s2)n[nH]1. The lowest BCUT2D eigenvalue weighted by Crippen LogP contribution is -2.06. The third kappa shape index (κ3) is 3.09. The van der Waals surface area contributed by atoms with Crippen molar-refractivity contribution in [2.45, 2.75) is 19.9 Å². The highest BCUT2D eigenvalue weighted by Crippen LogP contribution is 2.32. The minimum absolute atomic E-state index is 0.170. The summed E-state index contributed by atoms with van der Waals surface area (Å²) in [4.78, 5) is 5.60. The lowest BCUT2D eigenvalue weighted by atomic mass is 10.1. The molecule has 0 aliphatic heterocycles. The van der Waals surface area contributed by atoms with Crippen molar-refractivity contribution in [1.82, 2.24) is 15.2 Å². The number of benzene rings is 1. The molecule has 0 amide bonds. The molecule has 2 aromatic heterocycles. The molecule has 2 heterocycles. The minimum atomic E-state index is 0.170. The number of hydrogen-bond donors (Lipinski definition) is 2. The van der Waals surface area contributed by atoms with Crippen LogP contribution >= 0.6 is 22.9 Å². The number of anilines is 1. The van der Waals surface area contributed by atoms with Crippen molar-refractivity contribution >= 4 is 28.6 Å². The molecule has 0 radical (unpaired) electrons. The van der Waals surface area contributed by atoms with E-state index in [1.54, 1.807) is 11.3 Å². The van der Waals surface area contributed by atoms with Crippen LogP contribution in [-0.4, -0.2) is 15.2 Å². The van der Waals surface area contributed by atoms with E-state index in [9.17, 15) is 0 Å². The van der Waals surface area contributed by atoms with Crippen molar-refractivity contribution in [2.24, 2.45) is 0 Å². The molecule has 0 saturated heterocycles. The molecule has 0 aliphatic carbocycles. The molecule has 0 saturated carbocycles. The molecule has 3 rings (SSSR count). The van der Waals surface area contributed by atoms with Crippen molar-refractivity contribution in [1.29, 1.82) is 0 Å². The maximum atomic E-state index is 6.00. The first-order valence-electron chi connectivity index (χ1n) is 6.63. The van der Waals surface area contributed by atoms with Gasteiger partial charge in [-0.2, -0.15) is 5.10 Å². The van der Waals surface area contributed by atoms with Crippen molar-refractivity contribution in [3.05, 3.63) is 51.4 Å². The Hall–Kier alpha value is -1.85. The fraction of sp³-hybridized carbons (Fsp3) is 0.200. The Balaban J connectivity index is 1.89. The van der Waals surface area contributed by atoms with E-state index in [4.69, 9.17) is 11.6 Å². The highest BCUT2D eigenvalue weighted by molar-refractivity contribution is 7.16. The Kier molecular flexibility index (Phi) is 3.94. The molecule has 4 nitrogen and oxygen atoms in total. The maximum Gasteiger partial charge on any atom is 0.183 e. The number of hydrogen-bond acceptors (Lipinski definition) is 4. The van der Waals surface area contributed by atoms with Crippen LogP contribution in [-0.2, 0) is 0 Å². The van der Waals surface area contributed by atoms with Crippen LogP contribution in [0.5, 0.6) is 0 Å². The van der Waals surface area contributed by atoms with Gasteiger partial charge in [-0.3, -0.25) is 5.10 Å². The van der Waals surface area contributed by atoms with Crippen LogP contribution in [0, 0.1) is 6.92 Å². The third-order valence-electron chi connectivity index (χ3n) is 3.16. The van der Waals surface area contributed by atoms with Crippen molar-refractivity contribution in [3.63, 3.8) is 0 Å². The Morgan fingerprint density at radius 1 is 1.24 bits per heavy atom. The molecule has 0 spiro atoms. The number of para-hydroxylation sites is 1. The van der Waals surface area contributed by atoms with Gasteiger partial charge in [0.05, 0.1) is 10.4 Å². The summed E-state index contributed by atoms with van der Waals surface area (Å²) in [7, 11) is 0. The van der Waals surface area contributed by atoms with Gasteiger partial charge in [-0.15, -0.1) is 11.3 Å². The lowest BCUT2D eigenvalue weighted by Gasteiger charge is -2.16. The molecule has 21 heavy (non-hydrogen) atoms. The minimum Gasteiger partial charge on any atom is -0.377 e. The number of thiophene rings is 1. The van der Waals surface area contributed by atoms with Crippen molar-refractivity contribution in [2.75, 3.05) is 5.32 Å². The standard InChI is InChI=1S/C15H15ClN4S/c1-9(13-7-8-14(16)21-13)17-12-6-4-3-5-11(12)15-18-10(2)19-20-15/h3-9,17H,1-2H3,(H,18,19,20). The summed E-state index contributed by atoms with van der Waals surface area (Å²) in [5.74, 6) is 1.50. The number of halogens is 1. The molecule has 6 heteroatoms. The number of aromatic amines is 1. The highest BCUT2D eigenvalue weighted by atomic mass is 35.5. The van der Waals surface area contributed by atoms with Gasteiger partial charge in [0.15, 0.2) is 5.82 Å². The largest absolute Gasteiger partial charge is 0.377 e. The predicted octanol–water partition coefficient (Wildman–Crippen LogP) is 4.67. The van der Waals surface area contributed by atoms with Crippen LogP contribution in [0.1, 0.15) is 23.7 Å². The quantitative estimate of drug-likeness (QED) is 0.735. The van der Waals surface area contributed by atoms with Crippen LogP contribution in [0.25, 0.3) is 11.4 Å². The maximum absolute atomic E-state index is 6.00. The fourth-order valence-corrected chi connectivity index (χ4v) is 3.20. The summed E-state index contributed by atoms with van der Waals surface area (Å²) in [6.45, 7) is 4.00. The number of rotatable bonds is 4. The van der Waals surface area contributed by atoms with E-state index >= 15 is 0 Å². The number of aromatic nitrogens is 3. The third-order valence-corrected chi connectivity index (χ3v) is 4.57. The van der Waals surface area contributed by atoms with Gasteiger partial charge in [-0.05, 0) is 38.1 Å². The molecule has 0 bridgehead atoms. The Bertz CT molecular complexity index is 749. The lowest BCUT2D eigenvalue weighted by molar-refractivity contribution is 0.908. The second-order valence-corrected chi connectivity index (χ2v) is 6.54. The van der Waals surface area contributed by atoms with Crippen molar-refractivity contribution in [3.8, 4) is 11.4 Å². The van der Waals surface area contributed by atoms with Crippen LogP contribution in [0.2, 0.25) is 4.34 Å². The topological polar surface area (TPSA) is 53.6 Å². The summed E-state index contributed by atoms with van der Waals surface area (Å²) in [5.41, 5.74) is 1.99. The van der Waals surface area contributed by atoms with Gasteiger partial charge in [0.25, 0.3) is 0 Å². The number of aryl methyl sites for hydroxylation is 1. The van der Waals surface area contributed by atoms with Gasteiger partial charge in [0.2, 0.25) is 0 Å². The molecule has 3 aromatic rings. The van der Waals surface area contributed by atoms with Gasteiger partial charge in [0, 0.05) is 16.1 Å². The van der Waals surface area contributed by atoms with Crippen LogP contribution in [0.3, 0.4) is 0 Å². The summed E-state index contributed by atoms with van der Waals surface area (Å²) >= 11 is 7.59. The molecule has 0 aliphatic rings. The second kappa shape index (κ2) is 5.87. The zero-order chi connectivity index (χ0) is 14.8. The summed E-state index contributed by atoms with van der Waals surface area (Å²) in [5, 5.41) is 10.6. The zero-order valence-corrected chi connectivity index (χ0v) is 13.3. The Morgan fingerprint density at radius 2 is 2.05 bits per heavy atom. The zero-order valence-electron chi connectivity index (χ0n) is 11.7. The molecular formula is C15H15ClN4S. The molecule has 1 aromatic carbocycles. The summed E-state index contributed by atoms with van der Waals surface area (Å²) < 4.78 is 0.802. The number of nitrogens with one attached hydrogen (secondary N) is 2. The number of nitrogens with zero attached hydrogens (tertiary/aromatic N) is 2. The summed E-state index contributed by atoms with van der Waals surface area (Å²) in [6, 6.07) is 12.2. The van der Waals surface area contributed by atoms with Gasteiger partial charge in [-0.1, -0.05) is 23.7 Å². The first-order chi connectivity index (χ1) is 10.1. The van der Waals surface area contributed by atoms with E-state index in [1.165, 1.54) is 4.88 Å². The van der Waals surface area contributed by atoms with Gasteiger partial charge >= 0.3 is 0 Å².